The number of likely N-dealkylation sites (tertiary alicyclic amines) is 1. The van der Waals surface area contributed by atoms with Crippen LogP contribution in [0.25, 0.3) is 0 Å². The fraction of sp³-hybridized carbons (Fsp3) is 0.381. The van der Waals surface area contributed by atoms with E-state index in [4.69, 9.17) is 0 Å². The minimum Gasteiger partial charge on any atom is -0.349 e. The summed E-state index contributed by atoms with van der Waals surface area (Å²) in [5.41, 5.74) is 4.71. The molecule has 2 aliphatic heterocycles. The minimum atomic E-state index is 0. The highest BCUT2D eigenvalue weighted by molar-refractivity contribution is 5.94. The van der Waals surface area contributed by atoms with E-state index >= 15 is 0 Å². The Morgan fingerprint density at radius 1 is 1.00 bits per heavy atom. The Hall–Kier alpha value is -1.59. The molecule has 1 saturated heterocycles. The van der Waals surface area contributed by atoms with E-state index in [1.54, 1.807) is 0 Å². The van der Waals surface area contributed by atoms with Gasteiger partial charge in [0.2, 0.25) is 0 Å². The maximum atomic E-state index is 12.5. The first-order valence-electron chi connectivity index (χ1n) is 9.17. The molecule has 1 fully saturated rings. The first kappa shape index (κ1) is 21.7. The molecule has 0 bridgehead atoms. The number of piperidine rings is 1. The molecule has 0 aromatic heterocycles. The van der Waals surface area contributed by atoms with Crippen LogP contribution >= 0.6 is 24.8 Å². The van der Waals surface area contributed by atoms with Gasteiger partial charge < -0.3 is 10.6 Å². The van der Waals surface area contributed by atoms with Crippen molar-refractivity contribution in [2.45, 2.75) is 38.5 Å². The van der Waals surface area contributed by atoms with Crippen LogP contribution in [0.4, 0.5) is 0 Å². The number of nitrogens with one attached hydrogen (secondary N) is 2. The van der Waals surface area contributed by atoms with Crippen molar-refractivity contribution in [1.29, 1.82) is 0 Å². The second-order valence-electron chi connectivity index (χ2n) is 7.10. The summed E-state index contributed by atoms with van der Waals surface area (Å²) in [4.78, 5) is 15.0. The van der Waals surface area contributed by atoms with Crippen LogP contribution in [0.5, 0.6) is 0 Å². The van der Waals surface area contributed by atoms with Gasteiger partial charge in [-0.1, -0.05) is 36.4 Å². The Kier molecular flexibility index (Phi) is 8.11. The lowest BCUT2D eigenvalue weighted by Gasteiger charge is -2.32. The number of fused-ring (bicyclic) bond motifs is 1. The molecule has 2 heterocycles. The summed E-state index contributed by atoms with van der Waals surface area (Å²) in [6.07, 6.45) is 2.04. The van der Waals surface area contributed by atoms with Gasteiger partial charge in [-0.2, -0.15) is 0 Å². The second-order valence-corrected chi connectivity index (χ2v) is 7.10. The van der Waals surface area contributed by atoms with Gasteiger partial charge in [0.1, 0.15) is 0 Å². The molecule has 2 N–H and O–H groups in total. The van der Waals surface area contributed by atoms with Gasteiger partial charge >= 0.3 is 0 Å². The zero-order valence-electron chi connectivity index (χ0n) is 15.3. The summed E-state index contributed by atoms with van der Waals surface area (Å²) >= 11 is 0. The van der Waals surface area contributed by atoms with Crippen LogP contribution in [-0.4, -0.2) is 29.9 Å². The molecule has 1 amide bonds. The first-order valence-corrected chi connectivity index (χ1v) is 9.17. The van der Waals surface area contributed by atoms with Gasteiger partial charge in [0.25, 0.3) is 5.91 Å². The van der Waals surface area contributed by atoms with Gasteiger partial charge in [-0.05, 0) is 41.7 Å². The van der Waals surface area contributed by atoms with Gasteiger partial charge in [0.15, 0.2) is 0 Å². The van der Waals surface area contributed by atoms with Crippen molar-refractivity contribution >= 4 is 30.7 Å². The molecule has 0 unspecified atom stereocenters. The largest absolute Gasteiger partial charge is 0.349 e. The van der Waals surface area contributed by atoms with Gasteiger partial charge in [0, 0.05) is 44.3 Å². The third-order valence-corrected chi connectivity index (χ3v) is 5.27. The SMILES string of the molecule is Cl.Cl.O=C(NC1CCN(Cc2ccccc2)CC1)c1ccc2c(c1)CNC2. The zero-order chi connectivity index (χ0) is 17.1. The lowest BCUT2D eigenvalue weighted by atomic mass is 10.0. The Labute approximate surface area is 173 Å². The Bertz CT molecular complexity index is 746. The predicted molar refractivity (Wildman–Crippen MR) is 114 cm³/mol. The van der Waals surface area contributed by atoms with Crippen molar-refractivity contribution in [1.82, 2.24) is 15.5 Å². The molecule has 0 atom stereocenters. The normalized spacial score (nSPS) is 16.7. The smallest absolute Gasteiger partial charge is 0.251 e. The van der Waals surface area contributed by atoms with Gasteiger partial charge in [-0.25, -0.2) is 0 Å². The number of amides is 1. The highest BCUT2D eigenvalue weighted by atomic mass is 35.5. The fourth-order valence-corrected chi connectivity index (χ4v) is 3.78. The molecular formula is C21H27Cl2N3O. The van der Waals surface area contributed by atoms with E-state index in [9.17, 15) is 4.79 Å². The third kappa shape index (κ3) is 5.45. The van der Waals surface area contributed by atoms with E-state index in [1.807, 2.05) is 12.1 Å². The number of hydrogen-bond donors (Lipinski definition) is 2. The van der Waals surface area contributed by atoms with Crippen LogP contribution in [0.3, 0.4) is 0 Å². The molecule has 4 rings (SSSR count). The highest BCUT2D eigenvalue weighted by Crippen LogP contribution is 2.18. The summed E-state index contributed by atoms with van der Waals surface area (Å²) in [6.45, 7) is 4.85. The van der Waals surface area contributed by atoms with Gasteiger partial charge in [-0.15, -0.1) is 24.8 Å². The summed E-state index contributed by atoms with van der Waals surface area (Å²) in [6, 6.07) is 16.9. The van der Waals surface area contributed by atoms with E-state index < -0.39 is 0 Å². The average molecular weight is 408 g/mol. The van der Waals surface area contributed by atoms with E-state index in [1.165, 1.54) is 16.7 Å². The quantitative estimate of drug-likeness (QED) is 0.814. The highest BCUT2D eigenvalue weighted by Gasteiger charge is 2.22. The van der Waals surface area contributed by atoms with Crippen molar-refractivity contribution in [3.8, 4) is 0 Å². The van der Waals surface area contributed by atoms with Crippen molar-refractivity contribution < 1.29 is 4.79 Å². The van der Waals surface area contributed by atoms with Crippen LogP contribution in [0, 0.1) is 0 Å². The molecule has 146 valence electrons. The molecule has 2 aromatic rings. The van der Waals surface area contributed by atoms with Crippen molar-refractivity contribution in [2.24, 2.45) is 0 Å². The summed E-state index contributed by atoms with van der Waals surface area (Å²) in [5.74, 6) is 0.0659. The Morgan fingerprint density at radius 3 is 2.44 bits per heavy atom. The molecule has 0 aliphatic carbocycles. The number of halogens is 2. The summed E-state index contributed by atoms with van der Waals surface area (Å²) < 4.78 is 0. The second kappa shape index (κ2) is 10.1. The molecule has 4 nitrogen and oxygen atoms in total. The van der Waals surface area contributed by atoms with Crippen LogP contribution < -0.4 is 10.6 Å². The van der Waals surface area contributed by atoms with Crippen LogP contribution in [0.2, 0.25) is 0 Å². The van der Waals surface area contributed by atoms with Crippen molar-refractivity contribution in [3.05, 3.63) is 70.8 Å². The standard InChI is InChI=1S/C21H25N3O.2ClH/c25-21(17-6-7-18-13-22-14-19(18)12-17)23-20-8-10-24(11-9-20)15-16-4-2-1-3-5-16;;/h1-7,12,20,22H,8-11,13-15H2,(H,23,25);2*1H. The van der Waals surface area contributed by atoms with E-state index in [0.29, 0.717) is 0 Å². The van der Waals surface area contributed by atoms with Crippen LogP contribution in [0.1, 0.15) is 39.9 Å². The first-order chi connectivity index (χ1) is 12.3. The number of rotatable bonds is 4. The summed E-state index contributed by atoms with van der Waals surface area (Å²) in [7, 11) is 0. The monoisotopic (exact) mass is 407 g/mol. The lowest BCUT2D eigenvalue weighted by Crippen LogP contribution is -2.44. The molecule has 0 radical (unpaired) electrons. The number of hydrogen-bond acceptors (Lipinski definition) is 3. The predicted octanol–water partition coefficient (Wildman–Crippen LogP) is 3.53. The van der Waals surface area contributed by atoms with Gasteiger partial charge in [-0.3, -0.25) is 9.69 Å². The maximum Gasteiger partial charge on any atom is 0.251 e. The van der Waals surface area contributed by atoms with Crippen molar-refractivity contribution in [2.75, 3.05) is 13.1 Å². The number of carbonyl (C=O) groups is 1. The molecule has 27 heavy (non-hydrogen) atoms. The van der Waals surface area contributed by atoms with Gasteiger partial charge in [0.05, 0.1) is 0 Å². The van der Waals surface area contributed by atoms with E-state index in [-0.39, 0.29) is 36.8 Å². The molecular weight excluding hydrogens is 381 g/mol. The molecule has 2 aromatic carbocycles. The average Bonchev–Trinajstić information content (AvgIpc) is 3.12. The minimum absolute atomic E-state index is 0. The molecule has 0 saturated carbocycles. The van der Waals surface area contributed by atoms with E-state index in [0.717, 1.165) is 51.1 Å². The molecule has 6 heteroatoms. The van der Waals surface area contributed by atoms with Crippen molar-refractivity contribution in [3.63, 3.8) is 0 Å². The number of benzene rings is 2. The summed E-state index contributed by atoms with van der Waals surface area (Å²) in [5, 5.41) is 6.55. The zero-order valence-corrected chi connectivity index (χ0v) is 17.0. The van der Waals surface area contributed by atoms with Crippen LogP contribution in [0.15, 0.2) is 48.5 Å². The number of carbonyl (C=O) groups excluding carboxylic acids is 1. The molecule has 0 spiro atoms. The fourth-order valence-electron chi connectivity index (χ4n) is 3.78. The third-order valence-electron chi connectivity index (χ3n) is 5.27. The lowest BCUT2D eigenvalue weighted by molar-refractivity contribution is 0.0909. The van der Waals surface area contributed by atoms with E-state index in [2.05, 4.69) is 51.9 Å². The Balaban J connectivity index is 0.00000131. The molecule has 2 aliphatic rings. The maximum absolute atomic E-state index is 12.5. The topological polar surface area (TPSA) is 44.4 Å². The van der Waals surface area contributed by atoms with Crippen LogP contribution in [-0.2, 0) is 19.6 Å². The Morgan fingerprint density at radius 2 is 1.70 bits per heavy atom. The number of nitrogens with zero attached hydrogens (tertiary/aromatic N) is 1.